The van der Waals surface area contributed by atoms with Crippen LogP contribution < -0.4 is 0 Å². The molecule has 8 rings (SSSR count). The number of aliphatic hydroxyl groups is 8. The maximum atomic E-state index is 13.4. The number of ether oxygens (including phenoxy) is 7. The lowest BCUT2D eigenvalue weighted by Gasteiger charge is -2.70. The lowest BCUT2D eigenvalue weighted by Crippen LogP contribution is -2.67. The molecule has 63 heavy (non-hydrogen) atoms. The summed E-state index contributed by atoms with van der Waals surface area (Å²) in [6.45, 7) is 16.6. The number of hydrogen-bond donors (Lipinski definition) is 8. The third-order valence-corrected chi connectivity index (χ3v) is 18.4. The van der Waals surface area contributed by atoms with Crippen LogP contribution in [0.2, 0.25) is 0 Å². The SMILES string of the molecule is CC(C)=C[C@H]1C[C@H]([C@H]2CC[C@]3(C)[C@@H]2CC[C@@H]2[C@@]4(C)CC[C@H](O[C@@H]5O[C@H](CO)[C@H](O[C@@H]6OC[C@@H](O)[C@H](O)[C@H]6O)[C@H](O)[C@H]5O[C@@H]5O[C@@H](C)[C@H](O)[C@@H](O)[C@H]5O)C(C)(C)[C@@H]4CC[C@]23C)C(=O)O1. The third-order valence-electron chi connectivity index (χ3n) is 18.4. The zero-order chi connectivity index (χ0) is 45.7. The molecule has 4 saturated heterocycles. The Hall–Kier alpha value is -1.35. The Kier molecular flexibility index (Phi) is 13.5. The molecule has 4 heterocycles. The average molecular weight is 897 g/mol. The van der Waals surface area contributed by atoms with E-state index in [4.69, 9.17) is 33.2 Å². The van der Waals surface area contributed by atoms with Crippen LogP contribution >= 0.6 is 0 Å². The summed E-state index contributed by atoms with van der Waals surface area (Å²) in [6, 6.07) is 0. The van der Waals surface area contributed by atoms with Gasteiger partial charge in [0, 0.05) is 6.42 Å². The molecule has 4 saturated carbocycles. The fraction of sp³-hybridized carbons (Fsp3) is 0.936. The van der Waals surface area contributed by atoms with E-state index in [2.05, 4.69) is 40.7 Å². The molecule has 0 aromatic carbocycles. The van der Waals surface area contributed by atoms with E-state index >= 15 is 0 Å². The van der Waals surface area contributed by atoms with E-state index in [1.165, 1.54) is 6.92 Å². The number of carbonyl (C=O) groups excluding carboxylic acids is 1. The Morgan fingerprint density at radius 2 is 1.40 bits per heavy atom. The first-order valence-electron chi connectivity index (χ1n) is 23.7. The van der Waals surface area contributed by atoms with Crippen molar-refractivity contribution in [1.82, 2.24) is 0 Å². The van der Waals surface area contributed by atoms with Crippen LogP contribution in [0.3, 0.4) is 0 Å². The second-order valence-electron chi connectivity index (χ2n) is 22.3. The maximum absolute atomic E-state index is 13.4. The summed E-state index contributed by atoms with van der Waals surface area (Å²) in [4.78, 5) is 13.4. The van der Waals surface area contributed by atoms with Crippen LogP contribution in [-0.4, -0.2) is 158 Å². The van der Waals surface area contributed by atoms with Gasteiger partial charge in [-0.15, -0.1) is 0 Å². The highest BCUT2D eigenvalue weighted by Gasteiger charge is 2.70. The average Bonchev–Trinajstić information content (AvgIpc) is 3.77. The summed E-state index contributed by atoms with van der Waals surface area (Å²) in [5.41, 5.74) is 0.883. The number of allylic oxidation sites excluding steroid dienone is 1. The molecule has 0 aromatic heterocycles. The van der Waals surface area contributed by atoms with E-state index < -0.39 is 104 Å². The molecule has 24 atom stereocenters. The summed E-state index contributed by atoms with van der Waals surface area (Å²) >= 11 is 0. The fourth-order valence-electron chi connectivity index (χ4n) is 14.9. The zero-order valence-corrected chi connectivity index (χ0v) is 38.3. The molecule has 4 aliphatic carbocycles. The van der Waals surface area contributed by atoms with Gasteiger partial charge in [-0.25, -0.2) is 0 Å². The Morgan fingerprint density at radius 1 is 0.714 bits per heavy atom. The summed E-state index contributed by atoms with van der Waals surface area (Å²) < 4.78 is 42.7. The van der Waals surface area contributed by atoms with Crippen LogP contribution in [0.15, 0.2) is 11.6 Å². The molecule has 0 radical (unpaired) electrons. The summed E-state index contributed by atoms with van der Waals surface area (Å²) in [6.07, 6.45) is -10.4. The van der Waals surface area contributed by atoms with Gasteiger partial charge >= 0.3 is 5.97 Å². The van der Waals surface area contributed by atoms with E-state index in [9.17, 15) is 45.6 Å². The lowest BCUT2D eigenvalue weighted by molar-refractivity contribution is -0.391. The minimum atomic E-state index is -1.72. The molecule has 0 amide bonds. The van der Waals surface area contributed by atoms with E-state index in [0.717, 1.165) is 56.9 Å². The van der Waals surface area contributed by atoms with Gasteiger partial charge in [-0.2, -0.15) is 0 Å². The van der Waals surface area contributed by atoms with Gasteiger partial charge in [0.2, 0.25) is 0 Å². The van der Waals surface area contributed by atoms with Crippen molar-refractivity contribution in [2.45, 2.75) is 211 Å². The van der Waals surface area contributed by atoms with Gasteiger partial charge < -0.3 is 74.0 Å². The van der Waals surface area contributed by atoms with E-state index in [-0.39, 0.29) is 46.8 Å². The second-order valence-corrected chi connectivity index (χ2v) is 22.3. The van der Waals surface area contributed by atoms with Crippen LogP contribution in [0.1, 0.15) is 113 Å². The Morgan fingerprint density at radius 3 is 2.10 bits per heavy atom. The number of carbonyl (C=O) groups is 1. The van der Waals surface area contributed by atoms with Gasteiger partial charge in [0.25, 0.3) is 0 Å². The Bertz CT molecular complexity index is 1670. The van der Waals surface area contributed by atoms with Crippen LogP contribution in [0, 0.1) is 51.2 Å². The van der Waals surface area contributed by atoms with Gasteiger partial charge in [0.05, 0.1) is 31.3 Å². The van der Waals surface area contributed by atoms with Crippen LogP contribution in [0.4, 0.5) is 0 Å². The Balaban J connectivity index is 1.02. The highest BCUT2D eigenvalue weighted by molar-refractivity contribution is 5.75. The minimum Gasteiger partial charge on any atom is -0.458 e. The summed E-state index contributed by atoms with van der Waals surface area (Å²) in [5, 5.41) is 85.8. The first-order chi connectivity index (χ1) is 29.6. The van der Waals surface area contributed by atoms with Crippen molar-refractivity contribution >= 4 is 5.97 Å². The summed E-state index contributed by atoms with van der Waals surface area (Å²) in [7, 11) is 0. The molecule has 16 heteroatoms. The molecule has 4 aliphatic heterocycles. The minimum absolute atomic E-state index is 0.0230. The van der Waals surface area contributed by atoms with Gasteiger partial charge in [-0.3, -0.25) is 4.79 Å². The highest BCUT2D eigenvalue weighted by atomic mass is 16.8. The van der Waals surface area contributed by atoms with E-state index in [0.29, 0.717) is 24.2 Å². The molecule has 8 fully saturated rings. The van der Waals surface area contributed by atoms with Gasteiger partial charge in [0.1, 0.15) is 67.1 Å². The van der Waals surface area contributed by atoms with Crippen LogP contribution in [-0.2, 0) is 38.0 Å². The van der Waals surface area contributed by atoms with Crippen molar-refractivity contribution in [3.05, 3.63) is 11.6 Å². The number of hydrogen-bond acceptors (Lipinski definition) is 16. The van der Waals surface area contributed by atoms with E-state index in [1.54, 1.807) is 0 Å². The molecule has 16 nitrogen and oxygen atoms in total. The van der Waals surface area contributed by atoms with Crippen LogP contribution in [0.25, 0.3) is 0 Å². The second kappa shape index (κ2) is 17.6. The molecule has 0 aromatic rings. The van der Waals surface area contributed by atoms with Crippen molar-refractivity contribution in [3.63, 3.8) is 0 Å². The predicted octanol–water partition coefficient (Wildman–Crippen LogP) is 2.07. The van der Waals surface area contributed by atoms with Gasteiger partial charge in [0.15, 0.2) is 18.9 Å². The van der Waals surface area contributed by atoms with Crippen molar-refractivity contribution in [2.24, 2.45) is 51.2 Å². The molecule has 0 unspecified atom stereocenters. The quantitative estimate of drug-likeness (QED) is 0.0939. The molecule has 8 aliphatic rings. The van der Waals surface area contributed by atoms with Crippen molar-refractivity contribution in [1.29, 1.82) is 0 Å². The topological polar surface area (TPSA) is 244 Å². The van der Waals surface area contributed by atoms with Crippen molar-refractivity contribution in [3.8, 4) is 0 Å². The van der Waals surface area contributed by atoms with Crippen LogP contribution in [0.5, 0.6) is 0 Å². The molecule has 8 N–H and O–H groups in total. The standard InChI is InChI=1S/C47H76O16/c1-21(2)17-23-18-25(40(56)59-23)24-11-15-46(7)26(24)9-10-30-45(6)14-13-31(44(4,5)29(45)12-16-47(30,46)8)61-43-39(63-42-36(54)34(52)32(50)22(3)58-42)37(55)38(28(19-48)60-43)62-41-35(53)33(51)27(49)20-57-41/h17,22-39,41-43,48-55H,9-16,18-20H2,1-8H3/t22-,23-,24+,25+,26+,27+,28+,29-,30+,31-,32-,33-,34+,35+,36+,37-,38-,39+,41-,42-,43-,45-,46+,47+/m0/s1. The lowest BCUT2D eigenvalue weighted by atomic mass is 9.35. The smallest absolute Gasteiger partial charge is 0.309 e. The fourth-order valence-corrected chi connectivity index (χ4v) is 14.9. The normalized spacial score (nSPS) is 54.4. The number of fused-ring (bicyclic) bond motifs is 5. The van der Waals surface area contributed by atoms with Crippen molar-refractivity contribution < 1.29 is 78.8 Å². The molecule has 0 bridgehead atoms. The van der Waals surface area contributed by atoms with Gasteiger partial charge in [-0.05, 0) is 124 Å². The van der Waals surface area contributed by atoms with Gasteiger partial charge in [-0.1, -0.05) is 40.2 Å². The third kappa shape index (κ3) is 7.98. The number of aliphatic hydroxyl groups excluding tert-OH is 8. The maximum Gasteiger partial charge on any atom is 0.309 e. The molecule has 360 valence electrons. The Labute approximate surface area is 371 Å². The first kappa shape index (κ1) is 48.1. The zero-order valence-electron chi connectivity index (χ0n) is 38.3. The van der Waals surface area contributed by atoms with E-state index in [1.807, 2.05) is 13.8 Å². The number of esters is 1. The highest BCUT2D eigenvalue weighted by Crippen LogP contribution is 2.76. The number of cyclic esters (lactones) is 1. The monoisotopic (exact) mass is 897 g/mol. The first-order valence-corrected chi connectivity index (χ1v) is 23.7. The number of rotatable bonds is 9. The van der Waals surface area contributed by atoms with Crippen molar-refractivity contribution in [2.75, 3.05) is 13.2 Å². The molecular formula is C47H76O16. The summed E-state index contributed by atoms with van der Waals surface area (Å²) in [5.74, 6) is 1.39. The largest absolute Gasteiger partial charge is 0.458 e. The molecular weight excluding hydrogens is 821 g/mol. The predicted molar refractivity (Wildman–Crippen MR) is 223 cm³/mol. The molecule has 0 spiro atoms.